The Morgan fingerprint density at radius 3 is 2.79 bits per heavy atom. The molecule has 0 saturated carbocycles. The first kappa shape index (κ1) is 19.8. The molecular weight excluding hydrogens is 433 g/mol. The molecule has 0 amide bonds. The summed E-state index contributed by atoms with van der Waals surface area (Å²) in [7, 11) is 0. The summed E-state index contributed by atoms with van der Waals surface area (Å²) in [6.45, 7) is 3.43. The Hall–Kier alpha value is -3.00. The third-order valence-electron chi connectivity index (χ3n) is 3.57. The number of carbonyl (C=O) groups is 2. The topological polar surface area (TPSA) is 74.2 Å². The van der Waals surface area contributed by atoms with E-state index in [-0.39, 0.29) is 17.3 Å². The number of aliphatic imine (C=N–C) groups is 1. The first-order valence-electron chi connectivity index (χ1n) is 8.30. The molecule has 1 aliphatic heterocycles. The van der Waals surface area contributed by atoms with Crippen LogP contribution >= 0.6 is 15.9 Å². The highest BCUT2D eigenvalue weighted by molar-refractivity contribution is 9.10. The van der Waals surface area contributed by atoms with Crippen LogP contribution in [-0.2, 0) is 14.3 Å². The summed E-state index contributed by atoms with van der Waals surface area (Å²) in [5.41, 5.74) is 0.981. The number of rotatable bonds is 5. The molecular formula is C20H15BrFNO5. The van der Waals surface area contributed by atoms with Gasteiger partial charge in [0.15, 0.2) is 17.2 Å². The van der Waals surface area contributed by atoms with Gasteiger partial charge in [-0.15, -0.1) is 0 Å². The molecule has 0 saturated heterocycles. The number of esters is 2. The fourth-order valence-corrected chi connectivity index (χ4v) is 3.03. The fourth-order valence-electron chi connectivity index (χ4n) is 2.49. The Balaban J connectivity index is 1.98. The molecule has 2 aromatic rings. The highest BCUT2D eigenvalue weighted by atomic mass is 79.9. The van der Waals surface area contributed by atoms with Crippen molar-refractivity contribution in [3.8, 4) is 11.5 Å². The zero-order valence-corrected chi connectivity index (χ0v) is 16.6. The number of ether oxygens (including phenoxy) is 3. The van der Waals surface area contributed by atoms with Gasteiger partial charge in [-0.3, -0.25) is 4.79 Å². The summed E-state index contributed by atoms with van der Waals surface area (Å²) in [5, 5.41) is 0. The lowest BCUT2D eigenvalue weighted by molar-refractivity contribution is -0.132. The number of hydrogen-bond donors (Lipinski definition) is 0. The van der Waals surface area contributed by atoms with Crippen molar-refractivity contribution < 1.29 is 28.2 Å². The van der Waals surface area contributed by atoms with E-state index in [0.29, 0.717) is 28.0 Å². The number of halogens is 2. The van der Waals surface area contributed by atoms with Crippen LogP contribution in [0.4, 0.5) is 4.39 Å². The van der Waals surface area contributed by atoms with E-state index in [1.165, 1.54) is 31.2 Å². The van der Waals surface area contributed by atoms with Gasteiger partial charge in [0, 0.05) is 12.5 Å². The molecule has 6 nitrogen and oxygen atoms in total. The molecule has 0 aromatic heterocycles. The first-order valence-corrected chi connectivity index (χ1v) is 9.10. The fraction of sp³-hybridized carbons (Fsp3) is 0.150. The van der Waals surface area contributed by atoms with Crippen LogP contribution in [0.25, 0.3) is 6.08 Å². The maximum Gasteiger partial charge on any atom is 0.363 e. The average Bonchev–Trinajstić information content (AvgIpc) is 2.99. The highest BCUT2D eigenvalue weighted by Gasteiger charge is 2.25. The van der Waals surface area contributed by atoms with Crippen molar-refractivity contribution in [2.75, 3.05) is 6.61 Å². The zero-order valence-electron chi connectivity index (χ0n) is 15.0. The molecule has 0 bridgehead atoms. The minimum atomic E-state index is -0.655. The Labute approximate surface area is 168 Å². The van der Waals surface area contributed by atoms with Crippen LogP contribution in [0.3, 0.4) is 0 Å². The van der Waals surface area contributed by atoms with E-state index in [2.05, 4.69) is 20.9 Å². The van der Waals surface area contributed by atoms with E-state index < -0.39 is 17.8 Å². The SMILES string of the molecule is CCOc1cc(/C=C2\N=C(c3cccc(F)c3)OC2=O)cc(Br)c1OC(C)=O. The largest absolute Gasteiger partial charge is 0.490 e. The minimum absolute atomic E-state index is 0.0244. The van der Waals surface area contributed by atoms with Gasteiger partial charge in [-0.05, 0) is 64.8 Å². The molecule has 28 heavy (non-hydrogen) atoms. The quantitative estimate of drug-likeness (QED) is 0.389. The average molecular weight is 448 g/mol. The van der Waals surface area contributed by atoms with Gasteiger partial charge in [0.2, 0.25) is 5.90 Å². The maximum absolute atomic E-state index is 13.4. The van der Waals surface area contributed by atoms with Crippen LogP contribution in [0.15, 0.2) is 51.6 Å². The molecule has 0 unspecified atom stereocenters. The Bertz CT molecular complexity index is 1020. The van der Waals surface area contributed by atoms with Crippen molar-refractivity contribution >= 4 is 39.8 Å². The normalized spacial score (nSPS) is 14.6. The van der Waals surface area contributed by atoms with Crippen molar-refractivity contribution in [3.63, 3.8) is 0 Å². The molecule has 8 heteroatoms. The van der Waals surface area contributed by atoms with Gasteiger partial charge in [0.25, 0.3) is 0 Å². The van der Waals surface area contributed by atoms with Crippen LogP contribution in [0.2, 0.25) is 0 Å². The number of cyclic esters (lactones) is 1. The Morgan fingerprint density at radius 1 is 1.32 bits per heavy atom. The third kappa shape index (κ3) is 4.45. The standard InChI is InChI=1S/C20H15BrFNO5/c1-3-26-17-9-12(7-15(21)18(17)27-11(2)24)8-16-20(25)28-19(23-16)13-5-4-6-14(22)10-13/h4-10H,3H2,1-2H3/b16-8-. The highest BCUT2D eigenvalue weighted by Crippen LogP contribution is 2.38. The lowest BCUT2D eigenvalue weighted by atomic mass is 10.1. The summed E-state index contributed by atoms with van der Waals surface area (Å²) >= 11 is 3.34. The van der Waals surface area contributed by atoms with Crippen LogP contribution in [-0.4, -0.2) is 24.4 Å². The molecule has 144 valence electrons. The van der Waals surface area contributed by atoms with Gasteiger partial charge in [0.05, 0.1) is 11.1 Å². The second-order valence-electron chi connectivity index (χ2n) is 5.70. The number of nitrogens with zero attached hydrogens (tertiary/aromatic N) is 1. The van der Waals surface area contributed by atoms with E-state index in [0.717, 1.165) is 0 Å². The molecule has 0 N–H and O–H groups in total. The van der Waals surface area contributed by atoms with E-state index in [1.54, 1.807) is 25.1 Å². The second kappa shape index (κ2) is 8.35. The Kier molecular flexibility index (Phi) is 5.89. The summed E-state index contributed by atoms with van der Waals surface area (Å²) in [6, 6.07) is 8.87. The van der Waals surface area contributed by atoms with Gasteiger partial charge < -0.3 is 14.2 Å². The summed E-state index contributed by atoms with van der Waals surface area (Å²) in [4.78, 5) is 27.6. The van der Waals surface area contributed by atoms with Crippen molar-refractivity contribution in [3.05, 3.63) is 63.5 Å². The van der Waals surface area contributed by atoms with Crippen LogP contribution < -0.4 is 9.47 Å². The Morgan fingerprint density at radius 2 is 2.11 bits per heavy atom. The maximum atomic E-state index is 13.4. The van der Waals surface area contributed by atoms with Crippen LogP contribution in [0.1, 0.15) is 25.0 Å². The summed E-state index contributed by atoms with van der Waals surface area (Å²) in [6.07, 6.45) is 1.50. The second-order valence-corrected chi connectivity index (χ2v) is 6.56. The predicted molar refractivity (Wildman–Crippen MR) is 104 cm³/mol. The lowest BCUT2D eigenvalue weighted by Crippen LogP contribution is -2.06. The number of benzene rings is 2. The van der Waals surface area contributed by atoms with E-state index in [9.17, 15) is 14.0 Å². The number of carbonyl (C=O) groups excluding carboxylic acids is 2. The van der Waals surface area contributed by atoms with Gasteiger partial charge in [0.1, 0.15) is 5.82 Å². The summed E-state index contributed by atoms with van der Waals surface area (Å²) in [5.74, 6) is -1.00. The molecule has 0 spiro atoms. The molecule has 0 radical (unpaired) electrons. The van der Waals surface area contributed by atoms with E-state index >= 15 is 0 Å². The molecule has 0 fully saturated rings. The molecule has 1 heterocycles. The molecule has 3 rings (SSSR count). The van der Waals surface area contributed by atoms with Crippen molar-refractivity contribution in [2.45, 2.75) is 13.8 Å². The van der Waals surface area contributed by atoms with E-state index in [4.69, 9.17) is 14.2 Å². The molecule has 1 aliphatic rings. The number of hydrogen-bond acceptors (Lipinski definition) is 6. The lowest BCUT2D eigenvalue weighted by Gasteiger charge is -2.12. The molecule has 0 aliphatic carbocycles. The molecule has 2 aromatic carbocycles. The third-order valence-corrected chi connectivity index (χ3v) is 4.16. The summed E-state index contributed by atoms with van der Waals surface area (Å²) < 4.78 is 29.7. The van der Waals surface area contributed by atoms with Crippen LogP contribution in [0.5, 0.6) is 11.5 Å². The molecule has 0 atom stereocenters. The van der Waals surface area contributed by atoms with Crippen molar-refractivity contribution in [1.82, 2.24) is 0 Å². The van der Waals surface area contributed by atoms with E-state index in [1.807, 2.05) is 0 Å². The predicted octanol–water partition coefficient (Wildman–Crippen LogP) is 4.26. The van der Waals surface area contributed by atoms with Gasteiger partial charge >= 0.3 is 11.9 Å². The van der Waals surface area contributed by atoms with Crippen molar-refractivity contribution in [2.24, 2.45) is 4.99 Å². The first-order chi connectivity index (χ1) is 13.4. The van der Waals surface area contributed by atoms with Gasteiger partial charge in [-0.1, -0.05) is 6.07 Å². The van der Waals surface area contributed by atoms with Gasteiger partial charge in [-0.2, -0.15) is 0 Å². The van der Waals surface area contributed by atoms with Crippen molar-refractivity contribution in [1.29, 1.82) is 0 Å². The van der Waals surface area contributed by atoms with Crippen LogP contribution in [0, 0.1) is 5.82 Å². The zero-order chi connectivity index (χ0) is 20.3. The smallest absolute Gasteiger partial charge is 0.363 e. The monoisotopic (exact) mass is 447 g/mol. The minimum Gasteiger partial charge on any atom is -0.490 e. The van der Waals surface area contributed by atoms with Gasteiger partial charge in [-0.25, -0.2) is 14.2 Å².